The van der Waals surface area contributed by atoms with Crippen molar-refractivity contribution in [2.45, 2.75) is 13.5 Å². The van der Waals surface area contributed by atoms with E-state index in [4.69, 9.17) is 14.2 Å². The lowest BCUT2D eigenvalue weighted by molar-refractivity contribution is 0.0601. The Kier molecular flexibility index (Phi) is 5.39. The molecule has 1 N–H and O–H groups in total. The average molecular weight is 402 g/mol. The van der Waals surface area contributed by atoms with E-state index < -0.39 is 0 Å². The van der Waals surface area contributed by atoms with E-state index in [0.717, 1.165) is 22.2 Å². The van der Waals surface area contributed by atoms with Gasteiger partial charge in [-0.3, -0.25) is 0 Å². The van der Waals surface area contributed by atoms with Gasteiger partial charge < -0.3 is 19.2 Å². The summed E-state index contributed by atoms with van der Waals surface area (Å²) in [4.78, 5) is 19.6. The topological polar surface area (TPSA) is 73.4 Å². The number of fused-ring (bicyclic) bond motifs is 1. The lowest BCUT2D eigenvalue weighted by atomic mass is 10.1. The summed E-state index contributed by atoms with van der Waals surface area (Å²) in [6.07, 6.45) is 0. The van der Waals surface area contributed by atoms with Crippen molar-refractivity contribution in [1.29, 1.82) is 0 Å². The number of rotatable bonds is 6. The molecule has 4 rings (SSSR count). The van der Waals surface area contributed by atoms with Gasteiger partial charge >= 0.3 is 5.97 Å². The summed E-state index contributed by atoms with van der Waals surface area (Å²) >= 11 is 0. The van der Waals surface area contributed by atoms with Crippen LogP contribution in [0.3, 0.4) is 0 Å². The molecule has 0 bridgehead atoms. The third-order valence-corrected chi connectivity index (χ3v) is 4.85. The van der Waals surface area contributed by atoms with Gasteiger partial charge in [0.15, 0.2) is 11.5 Å². The third-order valence-electron chi connectivity index (χ3n) is 4.85. The van der Waals surface area contributed by atoms with Gasteiger partial charge in [-0.1, -0.05) is 29.8 Å². The van der Waals surface area contributed by atoms with Crippen LogP contribution in [-0.4, -0.2) is 30.2 Å². The van der Waals surface area contributed by atoms with Gasteiger partial charge in [-0.25, -0.2) is 9.78 Å². The van der Waals surface area contributed by atoms with Gasteiger partial charge in [-0.05, 0) is 48.9 Å². The molecule has 1 heterocycles. The fourth-order valence-corrected chi connectivity index (χ4v) is 3.17. The van der Waals surface area contributed by atoms with E-state index >= 15 is 0 Å². The van der Waals surface area contributed by atoms with Crippen molar-refractivity contribution in [3.63, 3.8) is 0 Å². The maximum Gasteiger partial charge on any atom is 0.337 e. The largest absolute Gasteiger partial charge is 0.493 e. The molecule has 0 atom stereocenters. The lowest BCUT2D eigenvalue weighted by Crippen LogP contribution is -2.00. The van der Waals surface area contributed by atoms with Gasteiger partial charge in [0.05, 0.1) is 30.8 Å². The van der Waals surface area contributed by atoms with Gasteiger partial charge in [-0.15, -0.1) is 0 Å². The zero-order valence-electron chi connectivity index (χ0n) is 17.1. The highest BCUT2D eigenvalue weighted by molar-refractivity contribution is 5.94. The van der Waals surface area contributed by atoms with Crippen molar-refractivity contribution >= 4 is 17.0 Å². The molecule has 0 spiro atoms. The number of nitrogens with one attached hydrogen (secondary N) is 1. The van der Waals surface area contributed by atoms with Crippen LogP contribution >= 0.6 is 0 Å². The fourth-order valence-electron chi connectivity index (χ4n) is 3.17. The van der Waals surface area contributed by atoms with E-state index in [1.165, 1.54) is 12.7 Å². The molecule has 0 radical (unpaired) electrons. The molecule has 0 aliphatic carbocycles. The first-order valence-electron chi connectivity index (χ1n) is 9.52. The number of aryl methyl sites for hydroxylation is 1. The summed E-state index contributed by atoms with van der Waals surface area (Å²) in [5, 5.41) is 0. The van der Waals surface area contributed by atoms with E-state index in [1.54, 1.807) is 25.3 Å². The molecule has 0 aliphatic rings. The monoisotopic (exact) mass is 402 g/mol. The molecule has 1 aromatic heterocycles. The maximum absolute atomic E-state index is 11.7. The Bertz CT molecular complexity index is 1200. The first-order valence-corrected chi connectivity index (χ1v) is 9.52. The van der Waals surface area contributed by atoms with Crippen LogP contribution in [0.25, 0.3) is 22.4 Å². The van der Waals surface area contributed by atoms with Crippen LogP contribution in [-0.2, 0) is 11.3 Å². The molecule has 6 nitrogen and oxygen atoms in total. The minimum Gasteiger partial charge on any atom is -0.493 e. The first kappa shape index (κ1) is 19.5. The van der Waals surface area contributed by atoms with Crippen LogP contribution < -0.4 is 9.47 Å². The second kappa shape index (κ2) is 8.29. The summed E-state index contributed by atoms with van der Waals surface area (Å²) in [5.74, 6) is 1.57. The Balaban J connectivity index is 1.58. The number of H-pyrrole nitrogens is 1. The highest BCUT2D eigenvalue weighted by atomic mass is 16.5. The van der Waals surface area contributed by atoms with E-state index in [0.29, 0.717) is 29.5 Å². The van der Waals surface area contributed by atoms with Crippen molar-refractivity contribution < 1.29 is 19.0 Å². The Hall–Kier alpha value is -3.80. The van der Waals surface area contributed by atoms with Crippen LogP contribution in [0.1, 0.15) is 21.5 Å². The average Bonchev–Trinajstić information content (AvgIpc) is 3.21. The van der Waals surface area contributed by atoms with Crippen molar-refractivity contribution in [2.75, 3.05) is 14.2 Å². The summed E-state index contributed by atoms with van der Waals surface area (Å²) < 4.78 is 16.3. The van der Waals surface area contributed by atoms with Crippen LogP contribution in [0.5, 0.6) is 11.5 Å². The Morgan fingerprint density at radius 1 is 0.967 bits per heavy atom. The number of aromatic nitrogens is 2. The Morgan fingerprint density at radius 2 is 1.77 bits per heavy atom. The maximum atomic E-state index is 11.7. The first-order chi connectivity index (χ1) is 14.6. The summed E-state index contributed by atoms with van der Waals surface area (Å²) in [7, 11) is 2.97. The number of nitrogens with zero attached hydrogens (tertiary/aromatic N) is 1. The minimum atomic E-state index is -0.384. The highest BCUT2D eigenvalue weighted by Gasteiger charge is 2.13. The molecule has 6 heteroatoms. The van der Waals surface area contributed by atoms with Gasteiger partial charge in [0.25, 0.3) is 0 Å². The number of imidazole rings is 1. The predicted octanol–water partition coefficient (Wildman–Crippen LogP) is 4.91. The molecule has 0 saturated heterocycles. The van der Waals surface area contributed by atoms with Crippen LogP contribution in [0.15, 0.2) is 60.7 Å². The van der Waals surface area contributed by atoms with E-state index in [9.17, 15) is 4.79 Å². The zero-order valence-corrected chi connectivity index (χ0v) is 17.1. The molecular weight excluding hydrogens is 380 g/mol. The molecule has 30 heavy (non-hydrogen) atoms. The van der Waals surface area contributed by atoms with E-state index in [1.807, 2.05) is 30.3 Å². The molecular formula is C24H22N2O4. The quantitative estimate of drug-likeness (QED) is 0.464. The summed E-state index contributed by atoms with van der Waals surface area (Å²) in [6.45, 7) is 2.51. The Labute approximate surface area is 174 Å². The van der Waals surface area contributed by atoms with Gasteiger partial charge in [0, 0.05) is 5.56 Å². The number of esters is 1. The molecule has 0 amide bonds. The summed E-state index contributed by atoms with van der Waals surface area (Å²) in [5.41, 5.74) is 5.14. The molecule has 0 aliphatic heterocycles. The second-order valence-electron chi connectivity index (χ2n) is 6.95. The number of hydrogen-bond acceptors (Lipinski definition) is 5. The van der Waals surface area contributed by atoms with Gasteiger partial charge in [0.2, 0.25) is 0 Å². The van der Waals surface area contributed by atoms with Gasteiger partial charge in [-0.2, -0.15) is 0 Å². The zero-order chi connectivity index (χ0) is 21.1. The van der Waals surface area contributed by atoms with Crippen LogP contribution in [0, 0.1) is 6.92 Å². The molecule has 152 valence electrons. The molecule has 0 fully saturated rings. The van der Waals surface area contributed by atoms with Crippen molar-refractivity contribution in [3.05, 3.63) is 77.4 Å². The molecule has 3 aromatic carbocycles. The van der Waals surface area contributed by atoms with E-state index in [-0.39, 0.29) is 5.97 Å². The van der Waals surface area contributed by atoms with Gasteiger partial charge in [0.1, 0.15) is 12.4 Å². The fraction of sp³-hybridized carbons (Fsp3) is 0.167. The van der Waals surface area contributed by atoms with Crippen molar-refractivity contribution in [1.82, 2.24) is 9.97 Å². The molecule has 0 saturated carbocycles. The predicted molar refractivity (Wildman–Crippen MR) is 115 cm³/mol. The number of carbonyl (C=O) groups is 1. The SMILES string of the molecule is COC(=O)c1ccc2nc(-c3ccc(OCc4ccc(C)cc4)c(OC)c3)[nH]c2c1. The summed E-state index contributed by atoms with van der Waals surface area (Å²) in [6, 6.07) is 19.1. The van der Waals surface area contributed by atoms with Crippen molar-refractivity contribution in [3.8, 4) is 22.9 Å². The minimum absolute atomic E-state index is 0.384. The van der Waals surface area contributed by atoms with Crippen LogP contribution in [0.2, 0.25) is 0 Å². The molecule has 0 unspecified atom stereocenters. The number of hydrogen-bond donors (Lipinski definition) is 1. The number of benzene rings is 3. The number of methoxy groups -OCH3 is 2. The standard InChI is InChI=1S/C24H22N2O4/c1-15-4-6-16(7-5-15)14-30-21-11-9-17(13-22(21)28-2)23-25-19-10-8-18(24(27)29-3)12-20(19)26-23/h4-13H,14H2,1-3H3,(H,25,26). The van der Waals surface area contributed by atoms with Crippen molar-refractivity contribution in [2.24, 2.45) is 0 Å². The lowest BCUT2D eigenvalue weighted by Gasteiger charge is -2.12. The third kappa shape index (κ3) is 3.98. The number of carbonyl (C=O) groups excluding carboxylic acids is 1. The normalized spacial score (nSPS) is 10.8. The number of ether oxygens (including phenoxy) is 3. The molecule has 4 aromatic rings. The second-order valence-corrected chi connectivity index (χ2v) is 6.95. The highest BCUT2D eigenvalue weighted by Crippen LogP contribution is 2.33. The number of aromatic amines is 1. The van der Waals surface area contributed by atoms with Crippen LogP contribution in [0.4, 0.5) is 0 Å². The smallest absolute Gasteiger partial charge is 0.337 e. The van der Waals surface area contributed by atoms with E-state index in [2.05, 4.69) is 29.0 Å². The Morgan fingerprint density at radius 3 is 2.50 bits per heavy atom.